The predicted octanol–water partition coefficient (Wildman–Crippen LogP) is 1.14. The Morgan fingerprint density at radius 2 is 2.17 bits per heavy atom. The van der Waals surface area contributed by atoms with E-state index in [1.807, 2.05) is 14.0 Å². The lowest BCUT2D eigenvalue weighted by Gasteiger charge is -2.37. The number of rotatable bonds is 1. The highest BCUT2D eigenvalue weighted by Crippen LogP contribution is 2.15. The Morgan fingerprint density at radius 1 is 1.44 bits per heavy atom. The molecule has 0 N–H and O–H groups in total. The third-order valence-electron chi connectivity index (χ3n) is 3.32. The maximum Gasteiger partial charge on any atom is 0.257 e. The van der Waals surface area contributed by atoms with Crippen LogP contribution >= 0.6 is 0 Å². The summed E-state index contributed by atoms with van der Waals surface area (Å²) >= 11 is 0. The van der Waals surface area contributed by atoms with Crippen molar-refractivity contribution >= 4 is 5.91 Å². The van der Waals surface area contributed by atoms with Crippen LogP contribution in [0.4, 0.5) is 8.78 Å². The Bertz CT molecular complexity index is 467. The van der Waals surface area contributed by atoms with Gasteiger partial charge < -0.3 is 9.80 Å². The summed E-state index contributed by atoms with van der Waals surface area (Å²) in [7, 11) is 1.97. The van der Waals surface area contributed by atoms with Crippen molar-refractivity contribution < 1.29 is 13.6 Å². The van der Waals surface area contributed by atoms with Crippen molar-refractivity contribution in [3.63, 3.8) is 0 Å². The second-order valence-electron chi connectivity index (χ2n) is 4.54. The molecule has 18 heavy (non-hydrogen) atoms. The van der Waals surface area contributed by atoms with Gasteiger partial charge in [-0.25, -0.2) is 9.37 Å². The predicted molar refractivity (Wildman–Crippen MR) is 62.1 cm³/mol. The Balaban J connectivity index is 2.19. The molecule has 1 fully saturated rings. The van der Waals surface area contributed by atoms with Crippen molar-refractivity contribution in [2.75, 3.05) is 26.7 Å². The molecule has 0 aliphatic carbocycles. The van der Waals surface area contributed by atoms with Crippen LogP contribution in [-0.4, -0.2) is 53.4 Å². The minimum absolute atomic E-state index is 0.206. The molecule has 1 aliphatic heterocycles. The van der Waals surface area contributed by atoms with Gasteiger partial charge in [0.15, 0.2) is 5.82 Å². The second-order valence-corrected chi connectivity index (χ2v) is 4.54. The van der Waals surface area contributed by atoms with Crippen LogP contribution in [0.5, 0.6) is 0 Å². The number of aromatic nitrogens is 1. The quantitative estimate of drug-likeness (QED) is 0.706. The summed E-state index contributed by atoms with van der Waals surface area (Å²) in [5.74, 6) is -2.88. The van der Waals surface area contributed by atoms with Gasteiger partial charge in [-0.2, -0.15) is 4.39 Å². The van der Waals surface area contributed by atoms with Gasteiger partial charge in [0.25, 0.3) is 5.91 Å². The molecule has 1 unspecified atom stereocenters. The summed E-state index contributed by atoms with van der Waals surface area (Å²) in [6.07, 6.45) is 1.10. The Morgan fingerprint density at radius 3 is 2.83 bits per heavy atom. The van der Waals surface area contributed by atoms with Crippen LogP contribution in [0.2, 0.25) is 0 Å². The van der Waals surface area contributed by atoms with Crippen molar-refractivity contribution in [2.45, 2.75) is 13.0 Å². The molecule has 1 amide bonds. The summed E-state index contributed by atoms with van der Waals surface area (Å²) in [4.78, 5) is 18.9. The summed E-state index contributed by atoms with van der Waals surface area (Å²) < 4.78 is 26.5. The van der Waals surface area contributed by atoms with Gasteiger partial charge in [-0.3, -0.25) is 4.79 Å². The number of halogens is 2. The van der Waals surface area contributed by atoms with Crippen molar-refractivity contribution in [3.05, 3.63) is 29.6 Å². The summed E-state index contributed by atoms with van der Waals surface area (Å²) in [5, 5.41) is 0. The second kappa shape index (κ2) is 4.97. The SMILES string of the molecule is CC1CN(C(=O)c2ccnc(F)c2F)CCN1C. The number of nitrogens with zero attached hydrogens (tertiary/aromatic N) is 3. The third-order valence-corrected chi connectivity index (χ3v) is 3.32. The summed E-state index contributed by atoms with van der Waals surface area (Å²) in [5.41, 5.74) is -0.251. The van der Waals surface area contributed by atoms with Crippen molar-refractivity contribution in [3.8, 4) is 0 Å². The van der Waals surface area contributed by atoms with Gasteiger partial charge in [-0.05, 0) is 20.0 Å². The van der Waals surface area contributed by atoms with E-state index in [0.29, 0.717) is 13.1 Å². The fraction of sp³-hybridized carbons (Fsp3) is 0.500. The van der Waals surface area contributed by atoms with Gasteiger partial charge >= 0.3 is 0 Å². The van der Waals surface area contributed by atoms with Crippen molar-refractivity contribution in [1.82, 2.24) is 14.8 Å². The van der Waals surface area contributed by atoms with Gasteiger partial charge in [0.1, 0.15) is 0 Å². The average molecular weight is 255 g/mol. The molecule has 0 spiro atoms. The number of amides is 1. The molecule has 0 saturated carbocycles. The zero-order valence-electron chi connectivity index (χ0n) is 10.4. The maximum atomic E-state index is 13.5. The number of carbonyl (C=O) groups is 1. The van der Waals surface area contributed by atoms with Gasteiger partial charge in [-0.15, -0.1) is 0 Å². The van der Waals surface area contributed by atoms with E-state index in [0.717, 1.165) is 12.7 Å². The molecule has 0 radical (unpaired) electrons. The standard InChI is InChI=1S/C12H15F2N3O/c1-8-7-17(6-5-16(8)2)12(18)9-3-4-15-11(14)10(9)13/h3-4,8H,5-7H2,1-2H3. The molecular weight excluding hydrogens is 240 g/mol. The van der Waals surface area contributed by atoms with E-state index in [2.05, 4.69) is 9.88 Å². The lowest BCUT2D eigenvalue weighted by atomic mass is 10.1. The number of carbonyl (C=O) groups excluding carboxylic acids is 1. The smallest absolute Gasteiger partial charge is 0.257 e. The highest BCUT2D eigenvalue weighted by molar-refractivity contribution is 5.94. The number of pyridine rings is 1. The highest BCUT2D eigenvalue weighted by Gasteiger charge is 2.27. The normalized spacial score (nSPS) is 21.1. The minimum Gasteiger partial charge on any atom is -0.336 e. The fourth-order valence-electron chi connectivity index (χ4n) is 1.99. The third kappa shape index (κ3) is 2.33. The highest BCUT2D eigenvalue weighted by atomic mass is 19.2. The first-order valence-electron chi connectivity index (χ1n) is 5.80. The van der Waals surface area contributed by atoms with E-state index in [-0.39, 0.29) is 11.6 Å². The molecule has 1 atom stereocenters. The monoisotopic (exact) mass is 255 g/mol. The zero-order chi connectivity index (χ0) is 13.3. The van der Waals surface area contributed by atoms with Crippen LogP contribution in [0.1, 0.15) is 17.3 Å². The maximum absolute atomic E-state index is 13.5. The molecule has 0 aromatic carbocycles. The number of hydrogen-bond acceptors (Lipinski definition) is 3. The molecule has 1 saturated heterocycles. The lowest BCUT2D eigenvalue weighted by molar-refractivity contribution is 0.0566. The van der Waals surface area contributed by atoms with Crippen LogP contribution < -0.4 is 0 Å². The molecular formula is C12H15F2N3O. The van der Waals surface area contributed by atoms with Crippen LogP contribution in [0.3, 0.4) is 0 Å². The van der Waals surface area contributed by atoms with Gasteiger partial charge in [0.2, 0.25) is 5.95 Å². The number of likely N-dealkylation sites (N-methyl/N-ethyl adjacent to an activating group) is 1. The van der Waals surface area contributed by atoms with Gasteiger partial charge in [-0.1, -0.05) is 0 Å². The Kier molecular flexibility index (Phi) is 3.56. The van der Waals surface area contributed by atoms with Gasteiger partial charge in [0.05, 0.1) is 5.56 Å². The van der Waals surface area contributed by atoms with E-state index in [9.17, 15) is 13.6 Å². The molecule has 1 aromatic rings. The van der Waals surface area contributed by atoms with Crippen molar-refractivity contribution in [1.29, 1.82) is 0 Å². The first-order chi connectivity index (χ1) is 8.50. The van der Waals surface area contributed by atoms with Crippen LogP contribution in [0.15, 0.2) is 12.3 Å². The van der Waals surface area contributed by atoms with Crippen LogP contribution in [0, 0.1) is 11.8 Å². The van der Waals surface area contributed by atoms with Gasteiger partial charge in [0, 0.05) is 31.9 Å². The van der Waals surface area contributed by atoms with E-state index >= 15 is 0 Å². The largest absolute Gasteiger partial charge is 0.336 e. The van der Waals surface area contributed by atoms with Crippen LogP contribution in [0.25, 0.3) is 0 Å². The minimum atomic E-state index is -1.23. The molecule has 6 heteroatoms. The first kappa shape index (κ1) is 12.9. The molecule has 4 nitrogen and oxygen atoms in total. The lowest BCUT2D eigenvalue weighted by Crippen LogP contribution is -2.52. The molecule has 1 aliphatic rings. The topological polar surface area (TPSA) is 36.4 Å². The molecule has 98 valence electrons. The number of piperazine rings is 1. The Labute approximate surface area is 104 Å². The zero-order valence-corrected chi connectivity index (χ0v) is 10.4. The number of hydrogen-bond donors (Lipinski definition) is 0. The molecule has 1 aromatic heterocycles. The molecule has 2 rings (SSSR count). The van der Waals surface area contributed by atoms with Crippen molar-refractivity contribution in [2.24, 2.45) is 0 Å². The fourth-order valence-corrected chi connectivity index (χ4v) is 1.99. The Hall–Kier alpha value is -1.56. The summed E-state index contributed by atoms with van der Waals surface area (Å²) in [6, 6.07) is 1.42. The average Bonchev–Trinajstić information content (AvgIpc) is 2.35. The first-order valence-corrected chi connectivity index (χ1v) is 5.80. The van der Waals surface area contributed by atoms with Crippen LogP contribution in [-0.2, 0) is 0 Å². The van der Waals surface area contributed by atoms with E-state index in [1.54, 1.807) is 4.90 Å². The van der Waals surface area contributed by atoms with E-state index in [4.69, 9.17) is 0 Å². The van der Waals surface area contributed by atoms with E-state index < -0.39 is 17.7 Å². The summed E-state index contributed by atoms with van der Waals surface area (Å²) in [6.45, 7) is 3.74. The molecule has 2 heterocycles. The van der Waals surface area contributed by atoms with E-state index in [1.165, 1.54) is 6.07 Å². The molecule has 0 bridgehead atoms.